The van der Waals surface area contributed by atoms with Gasteiger partial charge in [-0.2, -0.15) is 0 Å². The van der Waals surface area contributed by atoms with Crippen molar-refractivity contribution in [3.8, 4) is 0 Å². The predicted molar refractivity (Wildman–Crippen MR) is 76.5 cm³/mol. The van der Waals surface area contributed by atoms with Gasteiger partial charge < -0.3 is 16.3 Å². The summed E-state index contributed by atoms with van der Waals surface area (Å²) in [7, 11) is 0. The van der Waals surface area contributed by atoms with E-state index >= 15 is 0 Å². The molecule has 100 valence electrons. The Kier molecular flexibility index (Phi) is 4.84. The number of para-hydroxylation sites is 1. The fourth-order valence-corrected chi connectivity index (χ4v) is 1.91. The Morgan fingerprint density at radius 2 is 2.17 bits per heavy atom. The molecule has 0 spiro atoms. The number of nitrogens with zero attached hydrogens (tertiary/aromatic N) is 1. The topological polar surface area (TPSA) is 70.6 Å². The third-order valence-corrected chi connectivity index (χ3v) is 3.39. The highest BCUT2D eigenvalue weighted by Gasteiger charge is 2.23. The molecule has 1 rings (SSSR count). The number of hydrogen-bond donors (Lipinski definition) is 3. The van der Waals surface area contributed by atoms with E-state index in [1.165, 1.54) is 0 Å². The smallest absolute Gasteiger partial charge is 0.144 e. The summed E-state index contributed by atoms with van der Waals surface area (Å²) in [5.41, 5.74) is 7.33. The molecule has 0 bridgehead atoms. The third kappa shape index (κ3) is 3.53. The molecule has 0 unspecified atom stereocenters. The molecule has 1 aromatic carbocycles. The van der Waals surface area contributed by atoms with Gasteiger partial charge in [0.25, 0.3) is 0 Å². The van der Waals surface area contributed by atoms with E-state index in [4.69, 9.17) is 22.5 Å². The van der Waals surface area contributed by atoms with Gasteiger partial charge in [-0.15, -0.1) is 0 Å². The van der Waals surface area contributed by atoms with Crippen molar-refractivity contribution >= 4 is 23.1 Å². The van der Waals surface area contributed by atoms with Crippen LogP contribution in [0.15, 0.2) is 23.4 Å². The van der Waals surface area contributed by atoms with E-state index in [9.17, 15) is 0 Å². The molecule has 0 saturated carbocycles. The predicted octanol–water partition coefficient (Wildman–Crippen LogP) is 3.22. The molecule has 0 aliphatic heterocycles. The van der Waals surface area contributed by atoms with Crippen LogP contribution in [0.4, 0.5) is 5.69 Å². The number of amidine groups is 1. The fourth-order valence-electron chi connectivity index (χ4n) is 1.62. The number of hydrogen-bond acceptors (Lipinski definition) is 3. The van der Waals surface area contributed by atoms with Gasteiger partial charge in [-0.3, -0.25) is 0 Å². The zero-order valence-electron chi connectivity index (χ0n) is 11.0. The maximum atomic E-state index is 8.70. The number of aryl methyl sites for hydroxylation is 1. The van der Waals surface area contributed by atoms with Gasteiger partial charge in [0.1, 0.15) is 5.84 Å². The fraction of sp³-hybridized carbons (Fsp3) is 0.462. The molecule has 0 atom stereocenters. The number of oxime groups is 1. The number of rotatable bonds is 5. The van der Waals surface area contributed by atoms with Gasteiger partial charge in [-0.1, -0.05) is 42.7 Å². The molecule has 4 N–H and O–H groups in total. The van der Waals surface area contributed by atoms with Crippen molar-refractivity contribution in [3.63, 3.8) is 0 Å². The maximum absolute atomic E-state index is 8.70. The van der Waals surface area contributed by atoms with Crippen molar-refractivity contribution in [3.05, 3.63) is 28.8 Å². The van der Waals surface area contributed by atoms with E-state index in [0.29, 0.717) is 11.6 Å². The van der Waals surface area contributed by atoms with E-state index in [0.717, 1.165) is 17.7 Å². The molecule has 0 heterocycles. The highest BCUT2D eigenvalue weighted by atomic mass is 35.5. The summed E-state index contributed by atoms with van der Waals surface area (Å²) in [6.07, 6.45) is 0.744. The van der Waals surface area contributed by atoms with Gasteiger partial charge >= 0.3 is 0 Å². The zero-order chi connectivity index (χ0) is 13.8. The van der Waals surface area contributed by atoms with E-state index in [2.05, 4.69) is 10.5 Å². The molecular weight excluding hydrogens is 250 g/mol. The number of nitrogens with one attached hydrogen (secondary N) is 1. The summed E-state index contributed by atoms with van der Waals surface area (Å²) in [6.45, 7) is 6.57. The SMILES string of the molecule is Cc1cccc(Cl)c1NCCC(C)(C)C(N)=NO. The number of benzene rings is 1. The van der Waals surface area contributed by atoms with Gasteiger partial charge in [0.2, 0.25) is 0 Å². The second-order valence-corrected chi connectivity index (χ2v) is 5.38. The van der Waals surface area contributed by atoms with Crippen LogP contribution < -0.4 is 11.1 Å². The Bertz CT molecular complexity index is 424. The first-order valence-corrected chi connectivity index (χ1v) is 6.23. The van der Waals surface area contributed by atoms with Crippen LogP contribution in [0.5, 0.6) is 0 Å². The Balaban J connectivity index is 2.62. The van der Waals surface area contributed by atoms with Crippen LogP contribution in [0.3, 0.4) is 0 Å². The lowest BCUT2D eigenvalue weighted by Crippen LogP contribution is -2.33. The second kappa shape index (κ2) is 5.96. The molecule has 0 aliphatic rings. The van der Waals surface area contributed by atoms with E-state index in [1.54, 1.807) is 0 Å². The molecule has 1 aromatic rings. The Labute approximate surface area is 113 Å². The molecule has 0 saturated heterocycles. The molecule has 0 aliphatic carbocycles. The van der Waals surface area contributed by atoms with Gasteiger partial charge in [0.05, 0.1) is 10.7 Å². The van der Waals surface area contributed by atoms with Crippen LogP contribution in [0, 0.1) is 12.3 Å². The first-order chi connectivity index (χ1) is 8.38. The first kappa shape index (κ1) is 14.6. The third-order valence-electron chi connectivity index (χ3n) is 3.07. The van der Waals surface area contributed by atoms with Gasteiger partial charge in [0, 0.05) is 12.0 Å². The lowest BCUT2D eigenvalue weighted by molar-refractivity contribution is 0.306. The summed E-state index contributed by atoms with van der Waals surface area (Å²) in [4.78, 5) is 0. The van der Waals surface area contributed by atoms with Crippen LogP contribution in [-0.2, 0) is 0 Å². The quantitative estimate of drug-likeness (QED) is 0.333. The standard InChI is InChI=1S/C13H20ClN3O/c1-9-5-4-6-10(14)11(9)16-8-7-13(2,3)12(15)17-18/h4-6,16,18H,7-8H2,1-3H3,(H2,15,17). The lowest BCUT2D eigenvalue weighted by atomic mass is 9.88. The number of anilines is 1. The summed E-state index contributed by atoms with van der Waals surface area (Å²) in [6, 6.07) is 5.78. The van der Waals surface area contributed by atoms with Crippen molar-refractivity contribution in [2.24, 2.45) is 16.3 Å². The highest BCUT2D eigenvalue weighted by Crippen LogP contribution is 2.26. The molecule has 4 nitrogen and oxygen atoms in total. The highest BCUT2D eigenvalue weighted by molar-refractivity contribution is 6.33. The molecule has 0 aromatic heterocycles. The monoisotopic (exact) mass is 269 g/mol. The van der Waals surface area contributed by atoms with Crippen LogP contribution in [0.2, 0.25) is 5.02 Å². The molecule has 0 amide bonds. The average molecular weight is 270 g/mol. The minimum absolute atomic E-state index is 0.236. The lowest BCUT2D eigenvalue weighted by Gasteiger charge is -2.23. The molecular formula is C13H20ClN3O. The van der Waals surface area contributed by atoms with Crippen LogP contribution >= 0.6 is 11.6 Å². The average Bonchev–Trinajstić information content (AvgIpc) is 2.31. The molecule has 0 fully saturated rings. The molecule has 5 heteroatoms. The Morgan fingerprint density at radius 3 is 2.72 bits per heavy atom. The van der Waals surface area contributed by atoms with Crippen molar-refractivity contribution in [1.29, 1.82) is 0 Å². The summed E-state index contributed by atoms with van der Waals surface area (Å²) < 4.78 is 0. The van der Waals surface area contributed by atoms with Gasteiger partial charge in [0.15, 0.2) is 0 Å². The van der Waals surface area contributed by atoms with E-state index < -0.39 is 0 Å². The van der Waals surface area contributed by atoms with Crippen molar-refractivity contribution in [2.75, 3.05) is 11.9 Å². The minimum atomic E-state index is -0.350. The van der Waals surface area contributed by atoms with E-state index in [1.807, 2.05) is 39.0 Å². The van der Waals surface area contributed by atoms with Crippen molar-refractivity contribution in [2.45, 2.75) is 27.2 Å². The van der Waals surface area contributed by atoms with Crippen LogP contribution in [0.1, 0.15) is 25.8 Å². The molecule has 18 heavy (non-hydrogen) atoms. The largest absolute Gasteiger partial charge is 0.409 e. The Hall–Kier alpha value is -1.42. The molecule has 0 radical (unpaired) electrons. The summed E-state index contributed by atoms with van der Waals surface area (Å²) in [5.74, 6) is 0.236. The van der Waals surface area contributed by atoms with E-state index in [-0.39, 0.29) is 11.3 Å². The summed E-state index contributed by atoms with van der Waals surface area (Å²) >= 11 is 6.12. The van der Waals surface area contributed by atoms with Gasteiger partial charge in [-0.05, 0) is 25.0 Å². The second-order valence-electron chi connectivity index (χ2n) is 4.98. The number of nitrogens with two attached hydrogens (primary N) is 1. The number of halogens is 1. The maximum Gasteiger partial charge on any atom is 0.144 e. The van der Waals surface area contributed by atoms with Crippen LogP contribution in [0.25, 0.3) is 0 Å². The summed E-state index contributed by atoms with van der Waals surface area (Å²) in [5, 5.41) is 15.8. The Morgan fingerprint density at radius 1 is 1.50 bits per heavy atom. The normalized spacial score (nSPS) is 12.6. The first-order valence-electron chi connectivity index (χ1n) is 5.85. The van der Waals surface area contributed by atoms with Crippen LogP contribution in [-0.4, -0.2) is 17.6 Å². The zero-order valence-corrected chi connectivity index (χ0v) is 11.8. The van der Waals surface area contributed by atoms with Gasteiger partial charge in [-0.25, -0.2) is 0 Å². The van der Waals surface area contributed by atoms with Crippen molar-refractivity contribution < 1.29 is 5.21 Å². The van der Waals surface area contributed by atoms with Crippen molar-refractivity contribution in [1.82, 2.24) is 0 Å². The minimum Gasteiger partial charge on any atom is -0.409 e.